The van der Waals surface area contributed by atoms with Gasteiger partial charge in [-0.3, -0.25) is 14.8 Å². The van der Waals surface area contributed by atoms with Crippen molar-refractivity contribution in [3.8, 4) is 17.2 Å². The van der Waals surface area contributed by atoms with Crippen LogP contribution >= 0.6 is 0 Å². The highest BCUT2D eigenvalue weighted by atomic mass is 19.1. The Morgan fingerprint density at radius 3 is 2.66 bits per heavy atom. The highest BCUT2D eigenvalue weighted by Gasteiger charge is 2.27. The smallest absolute Gasteiger partial charge is 0.231 e. The third kappa shape index (κ3) is 5.74. The fraction of sp³-hybridized carbons (Fsp3) is 0.393. The number of rotatable bonds is 9. The summed E-state index contributed by atoms with van der Waals surface area (Å²) in [5.74, 6) is 2.21. The van der Waals surface area contributed by atoms with Crippen molar-refractivity contribution in [2.75, 3.05) is 46.6 Å². The lowest BCUT2D eigenvalue weighted by atomic mass is 9.94. The van der Waals surface area contributed by atoms with E-state index in [0.29, 0.717) is 18.3 Å². The second-order valence-corrected chi connectivity index (χ2v) is 9.27. The van der Waals surface area contributed by atoms with Crippen LogP contribution in [0, 0.1) is 11.7 Å². The Balaban J connectivity index is 1.17. The van der Waals surface area contributed by atoms with Crippen LogP contribution < -0.4 is 14.2 Å². The van der Waals surface area contributed by atoms with Gasteiger partial charge in [0, 0.05) is 19.3 Å². The molecule has 0 radical (unpaired) electrons. The minimum Gasteiger partial charge on any atom is -0.489 e. The van der Waals surface area contributed by atoms with Crippen molar-refractivity contribution in [2.24, 2.45) is 5.92 Å². The molecule has 3 heterocycles. The molecule has 0 aliphatic carbocycles. The predicted octanol–water partition coefficient (Wildman–Crippen LogP) is 4.76. The zero-order chi connectivity index (χ0) is 24.0. The van der Waals surface area contributed by atoms with Crippen LogP contribution in [0.25, 0.3) is 0 Å². The van der Waals surface area contributed by atoms with E-state index in [9.17, 15) is 4.39 Å². The van der Waals surface area contributed by atoms with Gasteiger partial charge in [-0.1, -0.05) is 24.3 Å². The Hall–Kier alpha value is -3.16. The van der Waals surface area contributed by atoms with Crippen LogP contribution in [0.4, 0.5) is 4.39 Å². The van der Waals surface area contributed by atoms with Gasteiger partial charge in [-0.05, 0) is 80.9 Å². The fourth-order valence-corrected chi connectivity index (χ4v) is 5.02. The molecular formula is C28H32FN3O3. The van der Waals surface area contributed by atoms with Gasteiger partial charge in [0.05, 0.1) is 11.7 Å². The summed E-state index contributed by atoms with van der Waals surface area (Å²) in [6.07, 6.45) is 4.10. The van der Waals surface area contributed by atoms with E-state index < -0.39 is 0 Å². The van der Waals surface area contributed by atoms with Gasteiger partial charge in [0.15, 0.2) is 23.1 Å². The van der Waals surface area contributed by atoms with Crippen molar-refractivity contribution in [2.45, 2.75) is 18.9 Å². The van der Waals surface area contributed by atoms with Crippen molar-refractivity contribution >= 4 is 0 Å². The predicted molar refractivity (Wildman–Crippen MR) is 132 cm³/mol. The highest BCUT2D eigenvalue weighted by Crippen LogP contribution is 2.37. The van der Waals surface area contributed by atoms with E-state index in [2.05, 4.69) is 40.0 Å². The van der Waals surface area contributed by atoms with E-state index in [1.54, 1.807) is 18.2 Å². The fourth-order valence-electron chi connectivity index (χ4n) is 5.02. The molecule has 1 fully saturated rings. The Labute approximate surface area is 206 Å². The van der Waals surface area contributed by atoms with Crippen LogP contribution in [-0.2, 0) is 0 Å². The Bertz CT molecular complexity index is 1110. The average Bonchev–Trinajstić information content (AvgIpc) is 3.35. The lowest BCUT2D eigenvalue weighted by Gasteiger charge is -2.36. The number of nitrogens with zero attached hydrogens (tertiary/aromatic N) is 3. The SMILES string of the molecule is CN(CC1CCN(CCOc2ccccc2F)CC1)C(c1ccc2c(c1)OCO2)c1ccccn1. The molecule has 0 bridgehead atoms. The summed E-state index contributed by atoms with van der Waals surface area (Å²) in [5.41, 5.74) is 2.18. The quantitative estimate of drug-likeness (QED) is 0.443. The number of hydrogen-bond acceptors (Lipinski definition) is 6. The molecule has 6 nitrogen and oxygen atoms in total. The van der Waals surface area contributed by atoms with E-state index in [0.717, 1.165) is 61.8 Å². The first-order valence-corrected chi connectivity index (χ1v) is 12.3. The van der Waals surface area contributed by atoms with Crippen molar-refractivity contribution in [1.29, 1.82) is 0 Å². The average molecular weight is 478 g/mol. The van der Waals surface area contributed by atoms with Gasteiger partial charge in [0.2, 0.25) is 6.79 Å². The van der Waals surface area contributed by atoms with E-state index in [1.165, 1.54) is 6.07 Å². The Kier molecular flexibility index (Phi) is 7.45. The first-order chi connectivity index (χ1) is 17.2. The molecule has 0 N–H and O–H groups in total. The van der Waals surface area contributed by atoms with Crippen LogP contribution in [0.15, 0.2) is 66.9 Å². The maximum atomic E-state index is 13.7. The van der Waals surface area contributed by atoms with E-state index in [-0.39, 0.29) is 18.7 Å². The largest absolute Gasteiger partial charge is 0.489 e. The molecule has 0 amide bonds. The Morgan fingerprint density at radius 2 is 1.86 bits per heavy atom. The molecule has 3 aromatic rings. The van der Waals surface area contributed by atoms with Gasteiger partial charge in [0.1, 0.15) is 6.61 Å². The molecule has 2 aliphatic rings. The lowest BCUT2D eigenvalue weighted by molar-refractivity contribution is 0.126. The van der Waals surface area contributed by atoms with Crippen molar-refractivity contribution < 1.29 is 18.6 Å². The lowest BCUT2D eigenvalue weighted by Crippen LogP contribution is -2.40. The van der Waals surface area contributed by atoms with Gasteiger partial charge in [-0.2, -0.15) is 0 Å². The molecule has 1 saturated heterocycles. The molecule has 0 spiro atoms. The number of likely N-dealkylation sites (tertiary alicyclic amines) is 1. The van der Waals surface area contributed by atoms with Crippen molar-refractivity contribution in [3.05, 3.63) is 83.9 Å². The van der Waals surface area contributed by atoms with Gasteiger partial charge >= 0.3 is 0 Å². The summed E-state index contributed by atoms with van der Waals surface area (Å²) in [6, 6.07) is 18.9. The summed E-state index contributed by atoms with van der Waals surface area (Å²) < 4.78 is 30.5. The third-order valence-electron chi connectivity index (χ3n) is 6.88. The number of ether oxygens (including phenoxy) is 3. The maximum Gasteiger partial charge on any atom is 0.231 e. The normalized spacial score (nSPS) is 17.0. The zero-order valence-corrected chi connectivity index (χ0v) is 20.1. The van der Waals surface area contributed by atoms with Gasteiger partial charge in [0.25, 0.3) is 0 Å². The summed E-state index contributed by atoms with van der Waals surface area (Å²) >= 11 is 0. The molecule has 7 heteroatoms. The van der Waals surface area contributed by atoms with Crippen molar-refractivity contribution in [1.82, 2.24) is 14.8 Å². The van der Waals surface area contributed by atoms with Crippen LogP contribution in [0.3, 0.4) is 0 Å². The number of halogens is 1. The van der Waals surface area contributed by atoms with Gasteiger partial charge < -0.3 is 14.2 Å². The minimum absolute atomic E-state index is 0.0397. The number of piperidine rings is 1. The summed E-state index contributed by atoms with van der Waals surface area (Å²) in [4.78, 5) is 9.49. The molecule has 2 aromatic carbocycles. The molecule has 5 rings (SSSR count). The number of aromatic nitrogens is 1. The number of benzene rings is 2. The molecule has 1 aromatic heterocycles. The molecule has 1 atom stereocenters. The second kappa shape index (κ2) is 11.1. The number of fused-ring (bicyclic) bond motifs is 1. The molecule has 35 heavy (non-hydrogen) atoms. The third-order valence-corrected chi connectivity index (χ3v) is 6.88. The maximum absolute atomic E-state index is 13.7. The summed E-state index contributed by atoms with van der Waals surface area (Å²) in [5, 5.41) is 0. The Morgan fingerprint density at radius 1 is 1.06 bits per heavy atom. The van der Waals surface area contributed by atoms with Gasteiger partial charge in [-0.15, -0.1) is 0 Å². The number of pyridine rings is 1. The topological polar surface area (TPSA) is 47.1 Å². The van der Waals surface area contributed by atoms with Gasteiger partial charge in [-0.25, -0.2) is 4.39 Å². The molecule has 0 saturated carbocycles. The molecule has 184 valence electrons. The van der Waals surface area contributed by atoms with Crippen LogP contribution in [0.5, 0.6) is 17.2 Å². The van der Waals surface area contributed by atoms with Crippen LogP contribution in [0.1, 0.15) is 30.1 Å². The monoisotopic (exact) mass is 477 g/mol. The molecular weight excluding hydrogens is 445 g/mol. The minimum atomic E-state index is -0.306. The molecule has 2 aliphatic heterocycles. The number of hydrogen-bond donors (Lipinski definition) is 0. The highest BCUT2D eigenvalue weighted by molar-refractivity contribution is 5.46. The van der Waals surface area contributed by atoms with Crippen LogP contribution in [0.2, 0.25) is 0 Å². The summed E-state index contributed by atoms with van der Waals surface area (Å²) in [6.45, 7) is 4.61. The number of para-hydroxylation sites is 1. The van der Waals surface area contributed by atoms with E-state index >= 15 is 0 Å². The first kappa shape index (κ1) is 23.6. The summed E-state index contributed by atoms with van der Waals surface area (Å²) in [7, 11) is 2.18. The zero-order valence-electron chi connectivity index (χ0n) is 20.1. The van der Waals surface area contributed by atoms with E-state index in [4.69, 9.17) is 14.2 Å². The second-order valence-electron chi connectivity index (χ2n) is 9.27. The van der Waals surface area contributed by atoms with Crippen molar-refractivity contribution in [3.63, 3.8) is 0 Å². The standard InChI is InChI=1S/C28H32FN3O3/c1-31(19-21-11-14-32(15-12-21)16-17-33-25-8-3-2-6-23(25)29)28(24-7-4-5-13-30-24)22-9-10-26-27(18-22)35-20-34-26/h2-10,13,18,21,28H,11-12,14-17,19-20H2,1H3. The van der Waals surface area contributed by atoms with E-state index in [1.807, 2.05) is 24.4 Å². The van der Waals surface area contributed by atoms with Crippen LogP contribution in [-0.4, -0.2) is 61.4 Å². The molecule has 1 unspecified atom stereocenters. The first-order valence-electron chi connectivity index (χ1n) is 12.3.